The Morgan fingerprint density at radius 1 is 0.950 bits per heavy atom. The molecule has 0 aromatic heterocycles. The van der Waals surface area contributed by atoms with Crippen LogP contribution in [0.25, 0.3) is 0 Å². The van der Waals surface area contributed by atoms with Crippen molar-refractivity contribution in [3.63, 3.8) is 0 Å². The minimum absolute atomic E-state index is 0.629. The Balaban J connectivity index is 2.20. The highest BCUT2D eigenvalue weighted by Gasteiger charge is 2.23. The zero-order valence-electron chi connectivity index (χ0n) is 12.6. The fraction of sp³-hybridized carbons (Fsp3) is 0.368. The number of benzene rings is 2. The summed E-state index contributed by atoms with van der Waals surface area (Å²) in [5, 5.41) is 10.8. The Bertz CT molecular complexity index is 541. The topological polar surface area (TPSA) is 20.2 Å². The van der Waals surface area contributed by atoms with Crippen molar-refractivity contribution in [3.05, 3.63) is 71.3 Å². The van der Waals surface area contributed by atoms with Crippen LogP contribution < -0.4 is 0 Å². The van der Waals surface area contributed by atoms with Gasteiger partial charge >= 0.3 is 0 Å². The Morgan fingerprint density at radius 2 is 1.60 bits per heavy atom. The van der Waals surface area contributed by atoms with Crippen molar-refractivity contribution in [2.24, 2.45) is 5.92 Å². The van der Waals surface area contributed by atoms with Crippen LogP contribution in [0, 0.1) is 5.92 Å². The predicted molar refractivity (Wildman–Crippen MR) is 84.7 cm³/mol. The van der Waals surface area contributed by atoms with E-state index in [1.165, 1.54) is 5.56 Å². The van der Waals surface area contributed by atoms with Crippen molar-refractivity contribution in [1.29, 1.82) is 0 Å². The molecule has 2 aromatic carbocycles. The fourth-order valence-electron chi connectivity index (χ4n) is 2.60. The summed E-state index contributed by atoms with van der Waals surface area (Å²) in [6.45, 7) is 6.33. The van der Waals surface area contributed by atoms with E-state index in [1.807, 2.05) is 37.3 Å². The van der Waals surface area contributed by atoms with E-state index in [2.05, 4.69) is 38.1 Å². The van der Waals surface area contributed by atoms with Crippen molar-refractivity contribution in [2.75, 3.05) is 0 Å². The lowest BCUT2D eigenvalue weighted by Gasteiger charge is -2.25. The number of aliphatic hydroxyl groups is 1. The van der Waals surface area contributed by atoms with Gasteiger partial charge in [0, 0.05) is 6.42 Å². The smallest absolute Gasteiger partial charge is 0.0908 e. The highest BCUT2D eigenvalue weighted by molar-refractivity contribution is 5.30. The van der Waals surface area contributed by atoms with E-state index in [0.717, 1.165) is 17.5 Å². The molecule has 1 atom stereocenters. The summed E-state index contributed by atoms with van der Waals surface area (Å²) in [4.78, 5) is 0. The van der Waals surface area contributed by atoms with E-state index >= 15 is 0 Å². The minimum atomic E-state index is -0.825. The Morgan fingerprint density at radius 3 is 2.25 bits per heavy atom. The van der Waals surface area contributed by atoms with Crippen LogP contribution in [0.4, 0.5) is 0 Å². The lowest BCUT2D eigenvalue weighted by atomic mass is 9.87. The van der Waals surface area contributed by atoms with Gasteiger partial charge in [0.2, 0.25) is 0 Å². The molecule has 2 rings (SSSR count). The SMILES string of the molecule is CC(C)Cc1cccc(C(C)(O)Cc2ccccc2)c1. The molecule has 1 N–H and O–H groups in total. The maximum absolute atomic E-state index is 10.8. The molecule has 2 aromatic rings. The molecule has 0 amide bonds. The monoisotopic (exact) mass is 268 g/mol. The first-order chi connectivity index (χ1) is 9.47. The van der Waals surface area contributed by atoms with Gasteiger partial charge in [0.25, 0.3) is 0 Å². The molecule has 0 aliphatic heterocycles. The molecule has 1 unspecified atom stereocenters. The molecular weight excluding hydrogens is 244 g/mol. The highest BCUT2D eigenvalue weighted by Crippen LogP contribution is 2.26. The van der Waals surface area contributed by atoms with E-state index in [-0.39, 0.29) is 0 Å². The van der Waals surface area contributed by atoms with Gasteiger partial charge in [-0.05, 0) is 36.0 Å². The summed E-state index contributed by atoms with van der Waals surface area (Å²) in [5.74, 6) is 0.629. The summed E-state index contributed by atoms with van der Waals surface area (Å²) in [7, 11) is 0. The van der Waals surface area contributed by atoms with Crippen LogP contribution in [0.3, 0.4) is 0 Å². The van der Waals surface area contributed by atoms with E-state index in [1.54, 1.807) is 0 Å². The molecule has 0 saturated heterocycles. The molecule has 1 heteroatoms. The maximum Gasteiger partial charge on any atom is 0.0908 e. The first-order valence-corrected chi connectivity index (χ1v) is 7.33. The van der Waals surface area contributed by atoms with Crippen molar-refractivity contribution >= 4 is 0 Å². The van der Waals surface area contributed by atoms with Crippen LogP contribution in [-0.2, 0) is 18.4 Å². The van der Waals surface area contributed by atoms with Crippen LogP contribution in [0.15, 0.2) is 54.6 Å². The largest absolute Gasteiger partial charge is 0.385 e. The third-order valence-electron chi connectivity index (χ3n) is 3.58. The van der Waals surface area contributed by atoms with Crippen LogP contribution in [0.5, 0.6) is 0 Å². The van der Waals surface area contributed by atoms with Crippen LogP contribution >= 0.6 is 0 Å². The van der Waals surface area contributed by atoms with Gasteiger partial charge < -0.3 is 5.11 Å². The standard InChI is InChI=1S/C19H24O/c1-15(2)12-17-10-7-11-18(13-17)19(3,20)14-16-8-5-4-6-9-16/h4-11,13,15,20H,12,14H2,1-3H3. The van der Waals surface area contributed by atoms with Crippen LogP contribution in [0.1, 0.15) is 37.5 Å². The summed E-state index contributed by atoms with van der Waals surface area (Å²) in [5.41, 5.74) is 2.63. The number of hydrogen-bond acceptors (Lipinski definition) is 1. The van der Waals surface area contributed by atoms with Crippen molar-refractivity contribution in [3.8, 4) is 0 Å². The quantitative estimate of drug-likeness (QED) is 0.855. The second-order valence-electron chi connectivity index (χ2n) is 6.23. The highest BCUT2D eigenvalue weighted by atomic mass is 16.3. The summed E-state index contributed by atoms with van der Waals surface area (Å²) < 4.78 is 0. The molecule has 20 heavy (non-hydrogen) atoms. The second-order valence-corrected chi connectivity index (χ2v) is 6.23. The zero-order valence-corrected chi connectivity index (χ0v) is 12.6. The minimum Gasteiger partial charge on any atom is -0.385 e. The van der Waals surface area contributed by atoms with E-state index in [4.69, 9.17) is 0 Å². The molecule has 0 bridgehead atoms. The molecule has 0 radical (unpaired) electrons. The fourth-order valence-corrected chi connectivity index (χ4v) is 2.60. The summed E-state index contributed by atoms with van der Waals surface area (Å²) >= 11 is 0. The summed E-state index contributed by atoms with van der Waals surface area (Å²) in [6.07, 6.45) is 1.69. The van der Waals surface area contributed by atoms with Crippen LogP contribution in [0.2, 0.25) is 0 Å². The Labute approximate surface area is 122 Å². The van der Waals surface area contributed by atoms with Gasteiger partial charge in [-0.3, -0.25) is 0 Å². The van der Waals surface area contributed by atoms with Gasteiger partial charge in [0.1, 0.15) is 0 Å². The molecule has 0 aliphatic rings. The van der Waals surface area contributed by atoms with E-state index < -0.39 is 5.60 Å². The second kappa shape index (κ2) is 6.23. The van der Waals surface area contributed by atoms with Crippen molar-refractivity contribution in [1.82, 2.24) is 0 Å². The molecule has 0 aliphatic carbocycles. The van der Waals surface area contributed by atoms with Gasteiger partial charge in [-0.25, -0.2) is 0 Å². The van der Waals surface area contributed by atoms with Gasteiger partial charge in [0.15, 0.2) is 0 Å². The molecular formula is C19H24O. The van der Waals surface area contributed by atoms with Gasteiger partial charge in [0.05, 0.1) is 5.60 Å². The molecule has 0 fully saturated rings. The number of hydrogen-bond donors (Lipinski definition) is 1. The van der Waals surface area contributed by atoms with Crippen molar-refractivity contribution < 1.29 is 5.11 Å². The molecule has 106 valence electrons. The predicted octanol–water partition coefficient (Wildman–Crippen LogP) is 4.34. The average Bonchev–Trinajstić information content (AvgIpc) is 2.39. The molecule has 0 saturated carbocycles. The third-order valence-corrected chi connectivity index (χ3v) is 3.58. The first-order valence-electron chi connectivity index (χ1n) is 7.33. The molecule has 0 heterocycles. The molecule has 1 nitrogen and oxygen atoms in total. The lowest BCUT2D eigenvalue weighted by molar-refractivity contribution is 0.0575. The first kappa shape index (κ1) is 14.8. The van der Waals surface area contributed by atoms with Gasteiger partial charge in [-0.1, -0.05) is 68.4 Å². The van der Waals surface area contributed by atoms with Gasteiger partial charge in [-0.15, -0.1) is 0 Å². The van der Waals surface area contributed by atoms with E-state index in [9.17, 15) is 5.11 Å². The number of rotatable bonds is 5. The van der Waals surface area contributed by atoms with E-state index in [0.29, 0.717) is 12.3 Å². The maximum atomic E-state index is 10.8. The average molecular weight is 268 g/mol. The summed E-state index contributed by atoms with van der Waals surface area (Å²) in [6, 6.07) is 18.5. The van der Waals surface area contributed by atoms with Crippen molar-refractivity contribution in [2.45, 2.75) is 39.2 Å². The lowest BCUT2D eigenvalue weighted by Crippen LogP contribution is -2.24. The Kier molecular flexibility index (Phi) is 4.61. The third kappa shape index (κ3) is 3.94. The zero-order chi connectivity index (χ0) is 14.6. The normalized spacial score (nSPS) is 14.2. The van der Waals surface area contributed by atoms with Crippen LogP contribution in [-0.4, -0.2) is 5.11 Å². The van der Waals surface area contributed by atoms with Gasteiger partial charge in [-0.2, -0.15) is 0 Å². The Hall–Kier alpha value is -1.60. The molecule has 0 spiro atoms.